The van der Waals surface area contributed by atoms with Crippen LogP contribution in [0, 0.1) is 5.92 Å². The lowest BCUT2D eigenvalue weighted by atomic mass is 9.77. The summed E-state index contributed by atoms with van der Waals surface area (Å²) in [4.78, 5) is 29.5. The first-order valence-corrected chi connectivity index (χ1v) is 14.5. The molecule has 0 saturated carbocycles. The SMILES string of the molecule is C=CC[C@@H](C(=O)N[C@@H](C(=O)OC)C(C)C)N(Cc1ccccc1)C1(c2ccccc2)c2ccccc2-c2ccccc21. The van der Waals surface area contributed by atoms with Crippen LogP contribution in [0.1, 0.15) is 42.5 Å². The molecule has 4 aromatic rings. The summed E-state index contributed by atoms with van der Waals surface area (Å²) in [6, 6.07) is 36.1. The summed E-state index contributed by atoms with van der Waals surface area (Å²) < 4.78 is 5.06. The van der Waals surface area contributed by atoms with Gasteiger partial charge in [0.1, 0.15) is 6.04 Å². The largest absolute Gasteiger partial charge is 0.467 e. The monoisotopic (exact) mass is 558 g/mol. The van der Waals surface area contributed by atoms with E-state index in [0.717, 1.165) is 33.4 Å². The highest BCUT2D eigenvalue weighted by Gasteiger charge is 2.52. The molecular formula is C37H38N2O3. The summed E-state index contributed by atoms with van der Waals surface area (Å²) in [5.41, 5.74) is 5.85. The number of esters is 1. The lowest BCUT2D eigenvalue weighted by Gasteiger charge is -2.47. The molecule has 1 amide bonds. The van der Waals surface area contributed by atoms with E-state index in [1.165, 1.54) is 7.11 Å². The highest BCUT2D eigenvalue weighted by atomic mass is 16.5. The number of amides is 1. The highest BCUT2D eigenvalue weighted by Crippen LogP contribution is 2.55. The van der Waals surface area contributed by atoms with E-state index in [1.54, 1.807) is 6.08 Å². The lowest BCUT2D eigenvalue weighted by molar-refractivity contribution is -0.147. The van der Waals surface area contributed by atoms with Gasteiger partial charge >= 0.3 is 5.97 Å². The molecular weight excluding hydrogens is 520 g/mol. The zero-order chi connectivity index (χ0) is 29.7. The molecule has 42 heavy (non-hydrogen) atoms. The number of ether oxygens (including phenoxy) is 1. The molecule has 4 aromatic carbocycles. The maximum absolute atomic E-state index is 14.4. The Morgan fingerprint density at radius 1 is 0.833 bits per heavy atom. The van der Waals surface area contributed by atoms with Gasteiger partial charge in [-0.15, -0.1) is 6.58 Å². The number of fused-ring (bicyclic) bond motifs is 3. The van der Waals surface area contributed by atoms with Crippen LogP contribution in [-0.4, -0.2) is 36.0 Å². The van der Waals surface area contributed by atoms with Crippen molar-refractivity contribution in [2.75, 3.05) is 7.11 Å². The average molecular weight is 559 g/mol. The van der Waals surface area contributed by atoms with E-state index < -0.39 is 23.6 Å². The molecule has 0 spiro atoms. The molecule has 2 atom stereocenters. The Morgan fingerprint density at radius 3 is 1.88 bits per heavy atom. The summed E-state index contributed by atoms with van der Waals surface area (Å²) >= 11 is 0. The van der Waals surface area contributed by atoms with Crippen molar-refractivity contribution in [1.82, 2.24) is 10.2 Å². The van der Waals surface area contributed by atoms with E-state index >= 15 is 0 Å². The van der Waals surface area contributed by atoms with Crippen LogP contribution in [0.15, 0.2) is 122 Å². The maximum Gasteiger partial charge on any atom is 0.328 e. The Kier molecular flexibility index (Phi) is 8.69. The molecule has 0 unspecified atom stereocenters. The molecule has 1 N–H and O–H groups in total. The van der Waals surface area contributed by atoms with E-state index in [2.05, 4.69) is 102 Å². The Hall–Kier alpha value is -4.48. The molecule has 5 heteroatoms. The normalized spacial score (nSPS) is 14.5. The molecule has 1 aliphatic carbocycles. The van der Waals surface area contributed by atoms with E-state index in [0.29, 0.717) is 13.0 Å². The van der Waals surface area contributed by atoms with Crippen molar-refractivity contribution in [3.63, 3.8) is 0 Å². The van der Waals surface area contributed by atoms with E-state index in [1.807, 2.05) is 38.1 Å². The lowest BCUT2D eigenvalue weighted by Crippen LogP contribution is -2.59. The van der Waals surface area contributed by atoms with Gasteiger partial charge in [-0.3, -0.25) is 9.69 Å². The maximum atomic E-state index is 14.4. The third kappa shape index (κ3) is 5.17. The second kappa shape index (κ2) is 12.6. The van der Waals surface area contributed by atoms with Gasteiger partial charge in [0.15, 0.2) is 0 Å². The fraction of sp³-hybridized carbons (Fsp3) is 0.243. The summed E-state index contributed by atoms with van der Waals surface area (Å²) in [5, 5.41) is 3.06. The Labute approximate surface area is 248 Å². The van der Waals surface area contributed by atoms with Crippen molar-refractivity contribution in [2.24, 2.45) is 5.92 Å². The van der Waals surface area contributed by atoms with Gasteiger partial charge in [0.05, 0.1) is 18.7 Å². The molecule has 5 rings (SSSR count). The molecule has 0 heterocycles. The molecule has 0 bridgehead atoms. The second-order valence-corrected chi connectivity index (χ2v) is 11.1. The highest BCUT2D eigenvalue weighted by molar-refractivity contribution is 5.89. The van der Waals surface area contributed by atoms with Crippen LogP contribution < -0.4 is 5.32 Å². The standard InChI is InChI=1S/C37H38N2O3/c1-5-16-33(35(40)38-34(26(2)3)36(41)42-4)39(25-27-17-8-6-9-18-27)37(28-19-10-7-11-20-28)31-23-14-12-21-29(31)30-22-13-15-24-32(30)37/h5-15,17-24,26,33-34H,1,16,25H2,2-4H3,(H,38,40)/t33-,34+/m0/s1. The van der Waals surface area contributed by atoms with Gasteiger partial charge in [-0.05, 0) is 45.7 Å². The van der Waals surface area contributed by atoms with Gasteiger partial charge in [0.2, 0.25) is 5.91 Å². The molecule has 214 valence electrons. The first-order valence-electron chi connectivity index (χ1n) is 14.5. The fourth-order valence-electron chi connectivity index (χ4n) is 6.33. The fourth-order valence-corrected chi connectivity index (χ4v) is 6.33. The van der Waals surface area contributed by atoms with Gasteiger partial charge in [-0.2, -0.15) is 0 Å². The van der Waals surface area contributed by atoms with Crippen molar-refractivity contribution in [2.45, 2.75) is 44.4 Å². The van der Waals surface area contributed by atoms with Crippen LogP contribution in [0.3, 0.4) is 0 Å². The van der Waals surface area contributed by atoms with Crippen LogP contribution in [0.4, 0.5) is 0 Å². The first kappa shape index (κ1) is 29.0. The summed E-state index contributed by atoms with van der Waals surface area (Å²) in [7, 11) is 1.35. The minimum Gasteiger partial charge on any atom is -0.467 e. The minimum absolute atomic E-state index is 0.149. The van der Waals surface area contributed by atoms with Crippen molar-refractivity contribution < 1.29 is 14.3 Å². The average Bonchev–Trinajstić information content (AvgIpc) is 3.33. The minimum atomic E-state index is -0.798. The number of carbonyl (C=O) groups is 2. The Bertz CT molecular complexity index is 1500. The second-order valence-electron chi connectivity index (χ2n) is 11.1. The van der Waals surface area contributed by atoms with Crippen molar-refractivity contribution >= 4 is 11.9 Å². The topological polar surface area (TPSA) is 58.6 Å². The molecule has 0 fully saturated rings. The quantitative estimate of drug-likeness (QED) is 0.164. The predicted octanol–water partition coefficient (Wildman–Crippen LogP) is 6.72. The summed E-state index contributed by atoms with van der Waals surface area (Å²) in [5.74, 6) is -0.851. The van der Waals surface area contributed by atoms with Gasteiger partial charge in [0.25, 0.3) is 0 Å². The molecule has 0 aliphatic heterocycles. The third-order valence-electron chi connectivity index (χ3n) is 8.23. The number of nitrogens with one attached hydrogen (secondary N) is 1. The molecule has 0 aromatic heterocycles. The number of nitrogens with zero attached hydrogens (tertiary/aromatic N) is 1. The van der Waals surface area contributed by atoms with Gasteiger partial charge in [-0.1, -0.05) is 129 Å². The van der Waals surface area contributed by atoms with E-state index in [-0.39, 0.29) is 11.8 Å². The number of rotatable bonds is 11. The first-order chi connectivity index (χ1) is 20.4. The molecule has 0 radical (unpaired) electrons. The zero-order valence-electron chi connectivity index (χ0n) is 24.5. The van der Waals surface area contributed by atoms with Gasteiger partial charge < -0.3 is 10.1 Å². The van der Waals surface area contributed by atoms with Crippen molar-refractivity contribution in [3.8, 4) is 11.1 Å². The number of methoxy groups -OCH3 is 1. The smallest absolute Gasteiger partial charge is 0.328 e. The van der Waals surface area contributed by atoms with E-state index in [4.69, 9.17) is 4.74 Å². The number of hydrogen-bond donors (Lipinski definition) is 1. The van der Waals surface area contributed by atoms with E-state index in [9.17, 15) is 9.59 Å². The molecule has 0 saturated heterocycles. The van der Waals surface area contributed by atoms with Crippen molar-refractivity contribution in [3.05, 3.63) is 144 Å². The number of benzene rings is 4. The molecule has 1 aliphatic rings. The van der Waals surface area contributed by atoms with Crippen molar-refractivity contribution in [1.29, 1.82) is 0 Å². The molecule has 5 nitrogen and oxygen atoms in total. The van der Waals surface area contributed by atoms with Crippen LogP contribution in [-0.2, 0) is 26.4 Å². The van der Waals surface area contributed by atoms with Crippen LogP contribution in [0.2, 0.25) is 0 Å². The van der Waals surface area contributed by atoms with Crippen LogP contribution >= 0.6 is 0 Å². The summed E-state index contributed by atoms with van der Waals surface area (Å²) in [6.45, 7) is 8.34. The van der Waals surface area contributed by atoms with Crippen LogP contribution in [0.5, 0.6) is 0 Å². The van der Waals surface area contributed by atoms with Gasteiger partial charge in [-0.25, -0.2) is 4.79 Å². The Morgan fingerprint density at radius 2 is 1.36 bits per heavy atom. The Balaban J connectivity index is 1.79. The number of hydrogen-bond acceptors (Lipinski definition) is 4. The van der Waals surface area contributed by atoms with Crippen LogP contribution in [0.25, 0.3) is 11.1 Å². The van der Waals surface area contributed by atoms with Gasteiger partial charge in [0, 0.05) is 6.54 Å². The predicted molar refractivity (Wildman–Crippen MR) is 168 cm³/mol. The zero-order valence-corrected chi connectivity index (χ0v) is 24.5. The summed E-state index contributed by atoms with van der Waals surface area (Å²) in [6.07, 6.45) is 2.17. The number of carbonyl (C=O) groups excluding carboxylic acids is 2. The third-order valence-corrected chi connectivity index (χ3v) is 8.23.